The first-order valence-electron chi connectivity index (χ1n) is 5.38. The second-order valence-electron chi connectivity index (χ2n) is 4.20. The fraction of sp³-hybridized carbons (Fsp3) is 0.417. The van der Waals surface area contributed by atoms with E-state index < -0.39 is 5.97 Å². The highest BCUT2D eigenvalue weighted by Gasteiger charge is 2.22. The van der Waals surface area contributed by atoms with E-state index in [1.807, 2.05) is 0 Å². The Morgan fingerprint density at radius 2 is 2.25 bits per heavy atom. The lowest BCUT2D eigenvalue weighted by molar-refractivity contribution is -0.136. The summed E-state index contributed by atoms with van der Waals surface area (Å²) in [5.41, 5.74) is 7.00. The third kappa shape index (κ3) is 2.89. The SMILES string of the molecule is Nc1cc(CC(=O)O)ccc1OCC1CC1. The lowest BCUT2D eigenvalue weighted by Crippen LogP contribution is -2.04. The van der Waals surface area contributed by atoms with Crippen LogP contribution in [0.1, 0.15) is 18.4 Å². The lowest BCUT2D eigenvalue weighted by atomic mass is 10.1. The van der Waals surface area contributed by atoms with Crippen molar-refractivity contribution < 1.29 is 14.6 Å². The maximum Gasteiger partial charge on any atom is 0.307 e. The minimum atomic E-state index is -0.856. The van der Waals surface area contributed by atoms with Crippen LogP contribution < -0.4 is 10.5 Å². The molecule has 0 bridgehead atoms. The zero-order valence-electron chi connectivity index (χ0n) is 8.98. The first kappa shape index (κ1) is 10.8. The molecule has 0 spiro atoms. The number of hydrogen-bond acceptors (Lipinski definition) is 3. The molecule has 1 aromatic carbocycles. The minimum Gasteiger partial charge on any atom is -0.491 e. The maximum atomic E-state index is 10.5. The van der Waals surface area contributed by atoms with Crippen LogP contribution in [0.4, 0.5) is 5.69 Å². The first-order valence-corrected chi connectivity index (χ1v) is 5.38. The van der Waals surface area contributed by atoms with Crippen molar-refractivity contribution in [3.05, 3.63) is 23.8 Å². The van der Waals surface area contributed by atoms with Gasteiger partial charge in [0.25, 0.3) is 0 Å². The highest BCUT2D eigenvalue weighted by Crippen LogP contribution is 2.31. The van der Waals surface area contributed by atoms with Crippen molar-refractivity contribution in [1.82, 2.24) is 0 Å². The zero-order valence-corrected chi connectivity index (χ0v) is 8.98. The molecule has 0 aliphatic heterocycles. The molecule has 0 aromatic heterocycles. The summed E-state index contributed by atoms with van der Waals surface area (Å²) in [7, 11) is 0. The van der Waals surface area contributed by atoms with Crippen LogP contribution in [0, 0.1) is 5.92 Å². The Labute approximate surface area is 94.0 Å². The number of ether oxygens (including phenoxy) is 1. The highest BCUT2D eigenvalue weighted by molar-refractivity contribution is 5.71. The van der Waals surface area contributed by atoms with Gasteiger partial charge in [-0.1, -0.05) is 6.07 Å². The van der Waals surface area contributed by atoms with E-state index in [4.69, 9.17) is 15.6 Å². The number of carboxylic acids is 1. The van der Waals surface area contributed by atoms with Gasteiger partial charge in [-0.15, -0.1) is 0 Å². The van der Waals surface area contributed by atoms with E-state index in [0.29, 0.717) is 29.5 Å². The van der Waals surface area contributed by atoms with Crippen LogP contribution in [0.15, 0.2) is 18.2 Å². The second-order valence-corrected chi connectivity index (χ2v) is 4.20. The average Bonchev–Trinajstić information content (AvgIpc) is 2.99. The molecular formula is C12H15NO3. The van der Waals surface area contributed by atoms with E-state index in [-0.39, 0.29) is 6.42 Å². The molecule has 86 valence electrons. The summed E-state index contributed by atoms with van der Waals surface area (Å²) in [5, 5.41) is 8.64. The molecule has 4 nitrogen and oxygen atoms in total. The van der Waals surface area contributed by atoms with E-state index in [1.165, 1.54) is 12.8 Å². The largest absolute Gasteiger partial charge is 0.491 e. The topological polar surface area (TPSA) is 72.6 Å². The molecule has 0 heterocycles. The second kappa shape index (κ2) is 4.43. The number of benzene rings is 1. The molecule has 0 unspecified atom stereocenters. The Morgan fingerprint density at radius 1 is 1.50 bits per heavy atom. The van der Waals surface area contributed by atoms with Gasteiger partial charge >= 0.3 is 5.97 Å². The number of aliphatic carboxylic acids is 1. The number of nitrogen functional groups attached to an aromatic ring is 1. The first-order chi connectivity index (χ1) is 7.65. The van der Waals surface area contributed by atoms with Gasteiger partial charge < -0.3 is 15.6 Å². The standard InChI is InChI=1S/C12H15NO3/c13-10-5-9(6-12(14)15)3-4-11(10)16-7-8-1-2-8/h3-5,8H,1-2,6-7,13H2,(H,14,15). The molecule has 1 fully saturated rings. The average molecular weight is 221 g/mol. The Morgan fingerprint density at radius 3 is 2.81 bits per heavy atom. The van der Waals surface area contributed by atoms with Gasteiger partial charge in [-0.2, -0.15) is 0 Å². The van der Waals surface area contributed by atoms with Crippen molar-refractivity contribution >= 4 is 11.7 Å². The lowest BCUT2D eigenvalue weighted by Gasteiger charge is -2.09. The van der Waals surface area contributed by atoms with E-state index in [1.54, 1.807) is 18.2 Å². The van der Waals surface area contributed by atoms with Crippen LogP contribution >= 0.6 is 0 Å². The monoisotopic (exact) mass is 221 g/mol. The third-order valence-electron chi connectivity index (χ3n) is 2.60. The van der Waals surface area contributed by atoms with Crippen LogP contribution in [0.2, 0.25) is 0 Å². The van der Waals surface area contributed by atoms with Crippen molar-refractivity contribution in [1.29, 1.82) is 0 Å². The smallest absolute Gasteiger partial charge is 0.307 e. The Hall–Kier alpha value is -1.71. The molecule has 1 aromatic rings. The molecule has 0 atom stereocenters. The molecule has 3 N–H and O–H groups in total. The molecule has 0 radical (unpaired) electrons. The summed E-state index contributed by atoms with van der Waals surface area (Å²) >= 11 is 0. The van der Waals surface area contributed by atoms with Gasteiger partial charge in [-0.05, 0) is 36.5 Å². The zero-order chi connectivity index (χ0) is 11.5. The van der Waals surface area contributed by atoms with Crippen molar-refractivity contribution in [2.45, 2.75) is 19.3 Å². The van der Waals surface area contributed by atoms with Gasteiger partial charge in [0.05, 0.1) is 18.7 Å². The Kier molecular flexibility index (Phi) is 2.99. The van der Waals surface area contributed by atoms with Crippen LogP contribution in [0.3, 0.4) is 0 Å². The molecule has 16 heavy (non-hydrogen) atoms. The molecule has 1 aliphatic rings. The van der Waals surface area contributed by atoms with E-state index >= 15 is 0 Å². The molecule has 0 saturated heterocycles. The van der Waals surface area contributed by atoms with Gasteiger partial charge in [0.15, 0.2) is 0 Å². The van der Waals surface area contributed by atoms with E-state index in [2.05, 4.69) is 0 Å². The summed E-state index contributed by atoms with van der Waals surface area (Å²) in [6, 6.07) is 5.15. The van der Waals surface area contributed by atoms with Crippen LogP contribution in [0.25, 0.3) is 0 Å². The summed E-state index contributed by atoms with van der Waals surface area (Å²) in [6.45, 7) is 0.711. The molecule has 1 saturated carbocycles. The predicted octanol–water partition coefficient (Wildman–Crippen LogP) is 1.68. The van der Waals surface area contributed by atoms with Crippen LogP contribution in [-0.4, -0.2) is 17.7 Å². The Bertz CT molecular complexity index is 399. The van der Waals surface area contributed by atoms with E-state index in [9.17, 15) is 4.79 Å². The number of rotatable bonds is 5. The van der Waals surface area contributed by atoms with E-state index in [0.717, 1.165) is 0 Å². The van der Waals surface area contributed by atoms with Crippen molar-refractivity contribution in [3.8, 4) is 5.75 Å². The number of carboxylic acid groups (broad SMARTS) is 1. The molecular weight excluding hydrogens is 206 g/mol. The van der Waals surface area contributed by atoms with Crippen molar-refractivity contribution in [2.75, 3.05) is 12.3 Å². The Balaban J connectivity index is 2.00. The number of nitrogens with two attached hydrogens (primary N) is 1. The molecule has 2 rings (SSSR count). The number of carbonyl (C=O) groups is 1. The fourth-order valence-corrected chi connectivity index (χ4v) is 1.51. The summed E-state index contributed by atoms with van der Waals surface area (Å²) < 4.78 is 5.55. The fourth-order valence-electron chi connectivity index (χ4n) is 1.51. The highest BCUT2D eigenvalue weighted by atomic mass is 16.5. The predicted molar refractivity (Wildman–Crippen MR) is 60.4 cm³/mol. The summed E-state index contributed by atoms with van der Waals surface area (Å²) in [5.74, 6) is 0.477. The van der Waals surface area contributed by atoms with Gasteiger partial charge in [-0.3, -0.25) is 4.79 Å². The normalized spacial score (nSPS) is 14.8. The molecule has 0 amide bonds. The quantitative estimate of drug-likeness (QED) is 0.742. The van der Waals surface area contributed by atoms with Gasteiger partial charge in [-0.25, -0.2) is 0 Å². The maximum absolute atomic E-state index is 10.5. The number of anilines is 1. The van der Waals surface area contributed by atoms with Gasteiger partial charge in [0.2, 0.25) is 0 Å². The van der Waals surface area contributed by atoms with Gasteiger partial charge in [0, 0.05) is 0 Å². The number of hydrogen-bond donors (Lipinski definition) is 2. The summed E-state index contributed by atoms with van der Waals surface area (Å²) in [6.07, 6.45) is 2.46. The molecule has 1 aliphatic carbocycles. The van der Waals surface area contributed by atoms with Crippen LogP contribution in [0.5, 0.6) is 5.75 Å². The van der Waals surface area contributed by atoms with Crippen LogP contribution in [-0.2, 0) is 11.2 Å². The molecule has 4 heteroatoms. The van der Waals surface area contributed by atoms with Crippen molar-refractivity contribution in [2.24, 2.45) is 5.92 Å². The third-order valence-corrected chi connectivity index (χ3v) is 2.60. The minimum absolute atomic E-state index is 0.00684. The van der Waals surface area contributed by atoms with Gasteiger partial charge in [0.1, 0.15) is 5.75 Å². The van der Waals surface area contributed by atoms with Crippen molar-refractivity contribution in [3.63, 3.8) is 0 Å². The summed E-state index contributed by atoms with van der Waals surface area (Å²) in [4.78, 5) is 10.5.